The van der Waals surface area contributed by atoms with E-state index in [0.29, 0.717) is 5.82 Å². The van der Waals surface area contributed by atoms with E-state index in [1.54, 1.807) is 13.8 Å². The Kier molecular flexibility index (Phi) is 3.16. The number of aromatic nitrogens is 3. The number of ether oxygens (including phenoxy) is 1. The van der Waals surface area contributed by atoms with Crippen molar-refractivity contribution in [3.8, 4) is 0 Å². The number of carbonyl (C=O) groups is 2. The Hall–Kier alpha value is -1.92. The highest BCUT2D eigenvalue weighted by Gasteiger charge is 2.16. The Morgan fingerprint density at radius 1 is 1.57 bits per heavy atom. The normalized spacial score (nSPS) is 9.57. The van der Waals surface area contributed by atoms with Crippen molar-refractivity contribution in [1.29, 1.82) is 0 Å². The molecule has 0 aliphatic carbocycles. The number of nitrogens with zero attached hydrogens (tertiary/aromatic N) is 2. The van der Waals surface area contributed by atoms with Crippen molar-refractivity contribution in [2.75, 3.05) is 11.9 Å². The van der Waals surface area contributed by atoms with Gasteiger partial charge in [-0.2, -0.15) is 4.98 Å². The molecule has 0 unspecified atom stereocenters. The molecule has 7 heteroatoms. The van der Waals surface area contributed by atoms with Gasteiger partial charge in [0.25, 0.3) is 0 Å². The van der Waals surface area contributed by atoms with E-state index in [2.05, 4.69) is 25.2 Å². The quantitative estimate of drug-likeness (QED) is 0.498. The van der Waals surface area contributed by atoms with Crippen LogP contribution >= 0.6 is 0 Å². The second-order valence-corrected chi connectivity index (χ2v) is 2.42. The van der Waals surface area contributed by atoms with Crippen LogP contribution in [0.3, 0.4) is 0 Å². The van der Waals surface area contributed by atoms with Gasteiger partial charge in [0, 0.05) is 0 Å². The van der Waals surface area contributed by atoms with Gasteiger partial charge in [-0.3, -0.25) is 15.2 Å². The first-order valence-corrected chi connectivity index (χ1v) is 4.00. The number of hydrogen-bond donors (Lipinski definition) is 2. The van der Waals surface area contributed by atoms with E-state index in [4.69, 9.17) is 0 Å². The smallest absolute Gasteiger partial charge is 0.397 e. The van der Waals surface area contributed by atoms with Crippen LogP contribution in [0.25, 0.3) is 0 Å². The minimum Gasteiger partial charge on any atom is -0.459 e. The van der Waals surface area contributed by atoms with E-state index >= 15 is 0 Å². The molecule has 0 fully saturated rings. The minimum absolute atomic E-state index is 0.0561. The van der Waals surface area contributed by atoms with Gasteiger partial charge in [0.1, 0.15) is 5.82 Å². The maximum atomic E-state index is 11.0. The Bertz CT molecular complexity index is 346. The first kappa shape index (κ1) is 10.2. The van der Waals surface area contributed by atoms with Crippen molar-refractivity contribution in [2.24, 2.45) is 0 Å². The number of nitrogens with one attached hydrogen (secondary N) is 2. The lowest BCUT2D eigenvalue weighted by Crippen LogP contribution is -2.25. The summed E-state index contributed by atoms with van der Waals surface area (Å²) in [4.78, 5) is 25.7. The molecule has 0 bridgehead atoms. The van der Waals surface area contributed by atoms with Gasteiger partial charge in [-0.05, 0) is 13.8 Å². The van der Waals surface area contributed by atoms with E-state index in [1.807, 2.05) is 0 Å². The molecular weight excluding hydrogens is 188 g/mol. The molecule has 1 aromatic rings. The number of rotatable bonds is 2. The Labute approximate surface area is 79.9 Å². The second kappa shape index (κ2) is 4.35. The summed E-state index contributed by atoms with van der Waals surface area (Å²) in [6.07, 6.45) is 0. The summed E-state index contributed by atoms with van der Waals surface area (Å²) in [5.41, 5.74) is 0. The van der Waals surface area contributed by atoms with Gasteiger partial charge in [0.15, 0.2) is 0 Å². The Morgan fingerprint density at radius 2 is 2.29 bits per heavy atom. The molecule has 0 spiro atoms. The van der Waals surface area contributed by atoms with Gasteiger partial charge in [0.2, 0.25) is 5.95 Å². The Balaban J connectivity index is 2.53. The fraction of sp³-hybridized carbons (Fsp3) is 0.429. The third-order valence-corrected chi connectivity index (χ3v) is 1.28. The second-order valence-electron chi connectivity index (χ2n) is 2.42. The van der Waals surface area contributed by atoms with Crippen LogP contribution in [-0.4, -0.2) is 33.7 Å². The molecule has 7 nitrogen and oxygen atoms in total. The van der Waals surface area contributed by atoms with E-state index in [0.717, 1.165) is 0 Å². The van der Waals surface area contributed by atoms with Crippen LogP contribution in [0.4, 0.5) is 5.95 Å². The zero-order chi connectivity index (χ0) is 10.6. The van der Waals surface area contributed by atoms with Gasteiger partial charge >= 0.3 is 11.9 Å². The van der Waals surface area contributed by atoms with Crippen LogP contribution in [0.5, 0.6) is 0 Å². The first-order chi connectivity index (χ1) is 6.63. The van der Waals surface area contributed by atoms with Crippen LogP contribution < -0.4 is 5.32 Å². The zero-order valence-corrected chi connectivity index (χ0v) is 7.83. The number of aryl methyl sites for hydroxylation is 1. The molecule has 0 aliphatic heterocycles. The SMILES string of the molecule is CCOC(=O)C(=O)Nc1n[nH]c(C)n1. The highest BCUT2D eigenvalue weighted by Crippen LogP contribution is 1.96. The number of aromatic amines is 1. The summed E-state index contributed by atoms with van der Waals surface area (Å²) in [6, 6.07) is 0. The number of anilines is 1. The minimum atomic E-state index is -0.949. The highest BCUT2D eigenvalue weighted by atomic mass is 16.5. The van der Waals surface area contributed by atoms with Crippen LogP contribution in [0, 0.1) is 6.92 Å². The lowest BCUT2D eigenvalue weighted by molar-refractivity contribution is -0.152. The molecule has 1 aromatic heterocycles. The molecule has 0 aromatic carbocycles. The fourth-order valence-electron chi connectivity index (χ4n) is 0.748. The maximum absolute atomic E-state index is 11.0. The van der Waals surface area contributed by atoms with Gasteiger partial charge in [0.05, 0.1) is 6.61 Å². The number of hydrogen-bond acceptors (Lipinski definition) is 5. The summed E-state index contributed by atoms with van der Waals surface area (Å²) in [5.74, 6) is -1.23. The van der Waals surface area contributed by atoms with Crippen LogP contribution in [0.15, 0.2) is 0 Å². The molecular formula is C7H10N4O3. The van der Waals surface area contributed by atoms with E-state index < -0.39 is 11.9 Å². The lowest BCUT2D eigenvalue weighted by atomic mass is 10.6. The van der Waals surface area contributed by atoms with Gasteiger partial charge in [-0.15, -0.1) is 5.10 Å². The predicted octanol–water partition coefficient (Wildman–Crippen LogP) is -0.385. The van der Waals surface area contributed by atoms with E-state index in [1.165, 1.54) is 0 Å². The first-order valence-electron chi connectivity index (χ1n) is 4.00. The summed E-state index contributed by atoms with van der Waals surface area (Å²) in [6.45, 7) is 3.44. The van der Waals surface area contributed by atoms with Crippen molar-refractivity contribution in [3.63, 3.8) is 0 Å². The molecule has 1 rings (SSSR count). The fourth-order valence-corrected chi connectivity index (χ4v) is 0.748. The third-order valence-electron chi connectivity index (χ3n) is 1.28. The standard InChI is InChI=1S/C7H10N4O3/c1-3-14-6(13)5(12)9-7-8-4(2)10-11-7/h3H2,1-2H3,(H2,8,9,10,11,12). The molecule has 2 N–H and O–H groups in total. The molecule has 0 radical (unpaired) electrons. The van der Waals surface area contributed by atoms with Crippen molar-refractivity contribution >= 4 is 17.8 Å². The monoisotopic (exact) mass is 198 g/mol. The Morgan fingerprint density at radius 3 is 2.79 bits per heavy atom. The van der Waals surface area contributed by atoms with Crippen molar-refractivity contribution in [2.45, 2.75) is 13.8 Å². The van der Waals surface area contributed by atoms with E-state index in [-0.39, 0.29) is 12.6 Å². The molecule has 0 saturated heterocycles. The average molecular weight is 198 g/mol. The van der Waals surface area contributed by atoms with Gasteiger partial charge in [-0.1, -0.05) is 0 Å². The predicted molar refractivity (Wildman–Crippen MR) is 46.4 cm³/mol. The summed E-state index contributed by atoms with van der Waals surface area (Å²) in [7, 11) is 0. The maximum Gasteiger partial charge on any atom is 0.397 e. The lowest BCUT2D eigenvalue weighted by Gasteiger charge is -1.99. The number of carbonyl (C=O) groups excluding carboxylic acids is 2. The van der Waals surface area contributed by atoms with Crippen LogP contribution in [-0.2, 0) is 14.3 Å². The largest absolute Gasteiger partial charge is 0.459 e. The van der Waals surface area contributed by atoms with E-state index in [9.17, 15) is 9.59 Å². The molecule has 0 aliphatic rings. The highest BCUT2D eigenvalue weighted by molar-refractivity contribution is 6.37. The van der Waals surface area contributed by atoms with Crippen molar-refractivity contribution in [3.05, 3.63) is 5.82 Å². The number of esters is 1. The molecule has 1 heterocycles. The molecule has 76 valence electrons. The average Bonchev–Trinajstić information content (AvgIpc) is 2.51. The third kappa shape index (κ3) is 2.54. The number of amides is 1. The molecule has 0 atom stereocenters. The summed E-state index contributed by atoms with van der Waals surface area (Å²) in [5, 5.41) is 8.32. The van der Waals surface area contributed by atoms with Crippen molar-refractivity contribution in [1.82, 2.24) is 15.2 Å². The van der Waals surface area contributed by atoms with Crippen molar-refractivity contribution < 1.29 is 14.3 Å². The van der Waals surface area contributed by atoms with Gasteiger partial charge in [-0.25, -0.2) is 4.79 Å². The molecule has 14 heavy (non-hydrogen) atoms. The molecule has 0 saturated carbocycles. The molecule has 1 amide bonds. The van der Waals surface area contributed by atoms with Crippen LogP contribution in [0.2, 0.25) is 0 Å². The summed E-state index contributed by atoms with van der Waals surface area (Å²) < 4.78 is 4.47. The van der Waals surface area contributed by atoms with Crippen LogP contribution in [0.1, 0.15) is 12.7 Å². The zero-order valence-electron chi connectivity index (χ0n) is 7.83. The summed E-state index contributed by atoms with van der Waals surface area (Å²) >= 11 is 0. The number of H-pyrrole nitrogens is 1. The van der Waals surface area contributed by atoms with Gasteiger partial charge < -0.3 is 4.74 Å². The topological polar surface area (TPSA) is 97.0 Å².